The minimum atomic E-state index is -0.188. The summed E-state index contributed by atoms with van der Waals surface area (Å²) in [5, 5.41) is 11.9. The first-order valence-corrected chi connectivity index (χ1v) is 10.1. The number of aliphatic hydroxyl groups excluding tert-OH is 1. The van der Waals surface area contributed by atoms with Crippen LogP contribution in [0.2, 0.25) is 0 Å². The van der Waals surface area contributed by atoms with Crippen LogP contribution in [0.1, 0.15) is 26.7 Å². The molecule has 118 valence electrons. The van der Waals surface area contributed by atoms with Crippen molar-refractivity contribution in [1.29, 1.82) is 0 Å². The monoisotopic (exact) mass is 318 g/mol. The van der Waals surface area contributed by atoms with E-state index < -0.39 is 0 Å². The molecule has 0 aliphatic carbocycles. The number of β-amino-alcohol motifs (C(OH)–C–C–N with tert-alkyl or cyclic N) is 1. The van der Waals surface area contributed by atoms with Crippen LogP contribution in [0.4, 0.5) is 0 Å². The van der Waals surface area contributed by atoms with Gasteiger partial charge in [0, 0.05) is 48.2 Å². The average Bonchev–Trinajstić information content (AvgIpc) is 2.72. The maximum Gasteiger partial charge on any atom is 0.0793 e. The summed E-state index contributed by atoms with van der Waals surface area (Å²) in [7, 11) is 0. The lowest BCUT2D eigenvalue weighted by atomic mass is 10.2. The normalized spacial score (nSPS) is 31.2. The Labute approximate surface area is 132 Å². The summed E-state index contributed by atoms with van der Waals surface area (Å²) >= 11 is 4.14. The summed E-state index contributed by atoms with van der Waals surface area (Å²) in [6.45, 7) is 10.9. The van der Waals surface area contributed by atoms with Gasteiger partial charge in [-0.25, -0.2) is 0 Å². The molecule has 1 N–H and O–H groups in total. The average molecular weight is 319 g/mol. The van der Waals surface area contributed by atoms with Crippen LogP contribution in [0.5, 0.6) is 0 Å². The van der Waals surface area contributed by atoms with E-state index in [2.05, 4.69) is 47.2 Å². The third kappa shape index (κ3) is 6.14. The molecule has 2 aliphatic heterocycles. The molecule has 2 fully saturated rings. The molecule has 20 heavy (non-hydrogen) atoms. The minimum Gasteiger partial charge on any atom is -0.390 e. The lowest BCUT2D eigenvalue weighted by Gasteiger charge is -2.27. The van der Waals surface area contributed by atoms with Gasteiger partial charge in [-0.2, -0.15) is 23.5 Å². The zero-order valence-electron chi connectivity index (χ0n) is 13.0. The molecule has 0 aromatic rings. The number of nitrogens with zero attached hydrogens (tertiary/aromatic N) is 2. The lowest BCUT2D eigenvalue weighted by molar-refractivity contribution is 0.0782. The van der Waals surface area contributed by atoms with E-state index in [0.717, 1.165) is 49.8 Å². The van der Waals surface area contributed by atoms with Crippen molar-refractivity contribution in [2.45, 2.75) is 43.3 Å². The molecule has 0 saturated carbocycles. The molecule has 2 rings (SSSR count). The maximum atomic E-state index is 10.4. The maximum absolute atomic E-state index is 10.4. The fourth-order valence-corrected chi connectivity index (χ4v) is 4.98. The highest BCUT2D eigenvalue weighted by Gasteiger charge is 2.20. The first-order valence-electron chi connectivity index (χ1n) is 7.99. The first kappa shape index (κ1) is 16.9. The largest absolute Gasteiger partial charge is 0.390 e. The number of aliphatic hydroxyl groups is 1. The van der Waals surface area contributed by atoms with Crippen molar-refractivity contribution in [3.05, 3.63) is 0 Å². The predicted octanol–water partition coefficient (Wildman–Crippen LogP) is 2.00. The van der Waals surface area contributed by atoms with E-state index in [1.165, 1.54) is 24.3 Å². The molecule has 3 nitrogen and oxygen atoms in total. The molecule has 2 heterocycles. The topological polar surface area (TPSA) is 26.7 Å². The highest BCUT2D eigenvalue weighted by Crippen LogP contribution is 2.20. The van der Waals surface area contributed by atoms with Crippen molar-refractivity contribution >= 4 is 23.5 Å². The standard InChI is InChI=1S/C15H30N2OS2/c1-13-3-5-16(7-9-19-13)11-15(18)12-17-6-4-14(2)20-10-8-17/h13-15,18H,3-12H2,1-2H3/t13-,14-/m1/s1. The molecule has 5 heteroatoms. The quantitative estimate of drug-likeness (QED) is 0.855. The summed E-state index contributed by atoms with van der Waals surface area (Å²) in [5.41, 5.74) is 0. The summed E-state index contributed by atoms with van der Waals surface area (Å²) in [6.07, 6.45) is 2.33. The Bertz CT molecular complexity index is 255. The Hall–Kier alpha value is 0.580. The van der Waals surface area contributed by atoms with Crippen LogP contribution in [0, 0.1) is 0 Å². The lowest BCUT2D eigenvalue weighted by Crippen LogP contribution is -2.41. The number of hydrogen-bond acceptors (Lipinski definition) is 5. The highest BCUT2D eigenvalue weighted by atomic mass is 32.2. The highest BCUT2D eigenvalue weighted by molar-refractivity contribution is 8.00. The van der Waals surface area contributed by atoms with Gasteiger partial charge in [0.2, 0.25) is 0 Å². The molecule has 2 aliphatic rings. The van der Waals surface area contributed by atoms with Crippen LogP contribution in [0.25, 0.3) is 0 Å². The van der Waals surface area contributed by atoms with E-state index in [0.29, 0.717) is 0 Å². The van der Waals surface area contributed by atoms with Crippen molar-refractivity contribution in [3.8, 4) is 0 Å². The van der Waals surface area contributed by atoms with Gasteiger partial charge in [-0.05, 0) is 25.9 Å². The third-order valence-corrected chi connectivity index (χ3v) is 6.71. The van der Waals surface area contributed by atoms with Gasteiger partial charge in [-0.1, -0.05) is 13.8 Å². The van der Waals surface area contributed by atoms with E-state index in [-0.39, 0.29) is 6.10 Å². The Morgan fingerprint density at radius 2 is 1.35 bits per heavy atom. The molecular formula is C15H30N2OS2. The Morgan fingerprint density at radius 1 is 0.900 bits per heavy atom. The van der Waals surface area contributed by atoms with Gasteiger partial charge in [0.15, 0.2) is 0 Å². The van der Waals surface area contributed by atoms with Crippen LogP contribution >= 0.6 is 23.5 Å². The van der Waals surface area contributed by atoms with E-state index in [9.17, 15) is 5.11 Å². The van der Waals surface area contributed by atoms with Crippen molar-refractivity contribution in [3.63, 3.8) is 0 Å². The molecule has 0 unspecified atom stereocenters. The second-order valence-electron chi connectivity index (χ2n) is 6.20. The molecule has 0 bridgehead atoms. The van der Waals surface area contributed by atoms with Gasteiger partial charge in [0.05, 0.1) is 6.10 Å². The summed E-state index contributed by atoms with van der Waals surface area (Å²) < 4.78 is 0. The van der Waals surface area contributed by atoms with Crippen molar-refractivity contribution < 1.29 is 5.11 Å². The van der Waals surface area contributed by atoms with Crippen LogP contribution in [-0.2, 0) is 0 Å². The third-order valence-electron chi connectivity index (χ3n) is 4.26. The van der Waals surface area contributed by atoms with Crippen LogP contribution < -0.4 is 0 Å². The Kier molecular flexibility index (Phi) is 7.53. The van der Waals surface area contributed by atoms with Gasteiger partial charge >= 0.3 is 0 Å². The molecule has 0 aromatic heterocycles. The van der Waals surface area contributed by atoms with Gasteiger partial charge in [0.1, 0.15) is 0 Å². The zero-order valence-corrected chi connectivity index (χ0v) is 14.6. The van der Waals surface area contributed by atoms with E-state index in [1.54, 1.807) is 0 Å². The van der Waals surface area contributed by atoms with Gasteiger partial charge in [0.25, 0.3) is 0 Å². The molecule has 0 aromatic carbocycles. The second-order valence-corrected chi connectivity index (χ2v) is 9.29. The van der Waals surface area contributed by atoms with Gasteiger partial charge in [-0.15, -0.1) is 0 Å². The number of thioether (sulfide) groups is 2. The van der Waals surface area contributed by atoms with Gasteiger partial charge < -0.3 is 5.11 Å². The van der Waals surface area contributed by atoms with E-state index in [1.807, 2.05) is 0 Å². The van der Waals surface area contributed by atoms with Crippen LogP contribution in [0.15, 0.2) is 0 Å². The Morgan fingerprint density at radius 3 is 1.80 bits per heavy atom. The Balaban J connectivity index is 1.70. The van der Waals surface area contributed by atoms with Crippen molar-refractivity contribution in [1.82, 2.24) is 9.80 Å². The molecule has 2 saturated heterocycles. The van der Waals surface area contributed by atoms with E-state index >= 15 is 0 Å². The predicted molar refractivity (Wildman–Crippen MR) is 92.0 cm³/mol. The SMILES string of the molecule is C[C@@H]1CCN(CC(O)CN2CCS[C@H](C)CC2)CCS1. The molecular weight excluding hydrogens is 288 g/mol. The molecule has 0 spiro atoms. The second kappa shape index (κ2) is 8.89. The molecule has 0 radical (unpaired) electrons. The van der Waals surface area contributed by atoms with Gasteiger partial charge in [-0.3, -0.25) is 9.80 Å². The molecule has 0 amide bonds. The fourth-order valence-electron chi connectivity index (χ4n) is 2.90. The first-order chi connectivity index (χ1) is 9.63. The minimum absolute atomic E-state index is 0.188. The summed E-state index contributed by atoms with van der Waals surface area (Å²) in [4.78, 5) is 4.91. The molecule has 2 atom stereocenters. The summed E-state index contributed by atoms with van der Waals surface area (Å²) in [5.74, 6) is 2.43. The van der Waals surface area contributed by atoms with Crippen LogP contribution in [0.3, 0.4) is 0 Å². The zero-order chi connectivity index (χ0) is 14.4. The number of hydrogen-bond donors (Lipinski definition) is 1. The number of rotatable bonds is 4. The van der Waals surface area contributed by atoms with Crippen molar-refractivity contribution in [2.75, 3.05) is 50.8 Å². The summed E-state index contributed by atoms with van der Waals surface area (Å²) in [6, 6.07) is 0. The van der Waals surface area contributed by atoms with Crippen LogP contribution in [-0.4, -0.2) is 82.3 Å². The smallest absolute Gasteiger partial charge is 0.0793 e. The van der Waals surface area contributed by atoms with Crippen molar-refractivity contribution in [2.24, 2.45) is 0 Å². The fraction of sp³-hybridized carbons (Fsp3) is 1.00. The van der Waals surface area contributed by atoms with E-state index in [4.69, 9.17) is 0 Å².